The number of methoxy groups -OCH3 is 1. The van der Waals surface area contributed by atoms with Crippen LogP contribution in [0.5, 0.6) is 6.01 Å². The summed E-state index contributed by atoms with van der Waals surface area (Å²) in [6, 6.07) is 1.56. The van der Waals surface area contributed by atoms with Crippen molar-refractivity contribution in [3.63, 3.8) is 0 Å². The van der Waals surface area contributed by atoms with Gasteiger partial charge in [0.2, 0.25) is 5.95 Å². The molecule has 2 rings (SSSR count). The van der Waals surface area contributed by atoms with Gasteiger partial charge in [0.1, 0.15) is 0 Å². The van der Waals surface area contributed by atoms with E-state index in [1.54, 1.807) is 19.0 Å². The zero-order valence-corrected chi connectivity index (χ0v) is 13.1. The van der Waals surface area contributed by atoms with Gasteiger partial charge in [-0.05, 0) is 12.1 Å². The number of amides is 1. The Morgan fingerprint density at radius 1 is 1.17 bits per heavy atom. The summed E-state index contributed by atoms with van der Waals surface area (Å²) in [5, 5.41) is 2.33. The first-order valence-electron chi connectivity index (χ1n) is 6.71. The van der Waals surface area contributed by atoms with Crippen LogP contribution in [0.3, 0.4) is 0 Å². The molecule has 0 unspecified atom stereocenters. The molecule has 10 heteroatoms. The van der Waals surface area contributed by atoms with Gasteiger partial charge in [-0.25, -0.2) is 13.2 Å². The summed E-state index contributed by atoms with van der Waals surface area (Å²) in [6.45, 7) is -0.184. The predicted octanol–water partition coefficient (Wildman–Crippen LogP) is 1.29. The van der Waals surface area contributed by atoms with Gasteiger partial charge < -0.3 is 15.0 Å². The highest BCUT2D eigenvalue weighted by Crippen LogP contribution is 2.15. The molecule has 0 aliphatic carbocycles. The van der Waals surface area contributed by atoms with Crippen LogP contribution in [-0.4, -0.2) is 42.1 Å². The van der Waals surface area contributed by atoms with Crippen LogP contribution >= 0.6 is 0 Å². The standard InChI is InChI=1S/C14H14F3N5O2/c1-22(2)13-19-9(20-14(21-13)24-3)6-18-12(23)7-4-5-8(15)11(17)10(7)16/h4-5H,6H2,1-3H3,(H,18,23). The van der Waals surface area contributed by atoms with E-state index in [2.05, 4.69) is 20.3 Å². The Balaban J connectivity index is 2.17. The fraction of sp³-hybridized carbons (Fsp3) is 0.286. The molecule has 1 amide bonds. The summed E-state index contributed by atoms with van der Waals surface area (Å²) in [7, 11) is 4.77. The summed E-state index contributed by atoms with van der Waals surface area (Å²) in [5.74, 6) is -5.12. The Labute approximate surface area is 135 Å². The lowest BCUT2D eigenvalue weighted by molar-refractivity contribution is 0.0944. The third-order valence-corrected chi connectivity index (χ3v) is 2.92. The molecule has 1 heterocycles. The molecule has 1 aromatic heterocycles. The van der Waals surface area contributed by atoms with Crippen molar-refractivity contribution in [1.82, 2.24) is 20.3 Å². The van der Waals surface area contributed by atoms with Gasteiger partial charge in [0.25, 0.3) is 5.91 Å². The Morgan fingerprint density at radius 3 is 2.50 bits per heavy atom. The van der Waals surface area contributed by atoms with E-state index >= 15 is 0 Å². The molecule has 0 radical (unpaired) electrons. The van der Waals surface area contributed by atoms with E-state index in [1.807, 2.05) is 0 Å². The zero-order chi connectivity index (χ0) is 17.9. The predicted molar refractivity (Wildman–Crippen MR) is 78.2 cm³/mol. The highest BCUT2D eigenvalue weighted by molar-refractivity contribution is 5.94. The highest BCUT2D eigenvalue weighted by atomic mass is 19.2. The highest BCUT2D eigenvalue weighted by Gasteiger charge is 2.19. The molecule has 0 bridgehead atoms. The number of nitrogens with one attached hydrogen (secondary N) is 1. The molecule has 1 N–H and O–H groups in total. The van der Waals surface area contributed by atoms with Crippen LogP contribution in [0.1, 0.15) is 16.2 Å². The third kappa shape index (κ3) is 3.70. The van der Waals surface area contributed by atoms with Crippen molar-refractivity contribution in [2.75, 3.05) is 26.1 Å². The van der Waals surface area contributed by atoms with Gasteiger partial charge in [-0.2, -0.15) is 15.0 Å². The summed E-state index contributed by atoms with van der Waals surface area (Å²) in [5.41, 5.74) is -0.622. The smallest absolute Gasteiger partial charge is 0.321 e. The van der Waals surface area contributed by atoms with Gasteiger partial charge in [0, 0.05) is 14.1 Å². The molecule has 24 heavy (non-hydrogen) atoms. The van der Waals surface area contributed by atoms with Gasteiger partial charge in [-0.1, -0.05) is 0 Å². The zero-order valence-electron chi connectivity index (χ0n) is 13.1. The number of benzene rings is 1. The summed E-state index contributed by atoms with van der Waals surface area (Å²) < 4.78 is 44.6. The molecular weight excluding hydrogens is 327 g/mol. The molecule has 0 atom stereocenters. The van der Waals surface area contributed by atoms with E-state index in [1.165, 1.54) is 7.11 Å². The molecule has 128 valence electrons. The molecule has 7 nitrogen and oxygen atoms in total. The number of hydrogen-bond donors (Lipinski definition) is 1. The maximum atomic E-state index is 13.6. The molecule has 0 saturated carbocycles. The number of nitrogens with zero attached hydrogens (tertiary/aromatic N) is 4. The third-order valence-electron chi connectivity index (χ3n) is 2.92. The minimum atomic E-state index is -1.71. The molecular formula is C14H14F3N5O2. The lowest BCUT2D eigenvalue weighted by Crippen LogP contribution is -2.26. The van der Waals surface area contributed by atoms with Gasteiger partial charge in [0.15, 0.2) is 23.3 Å². The number of aromatic nitrogens is 3. The summed E-state index contributed by atoms with van der Waals surface area (Å²) in [6.07, 6.45) is 0. The van der Waals surface area contributed by atoms with Crippen molar-refractivity contribution in [2.24, 2.45) is 0 Å². The van der Waals surface area contributed by atoms with Crippen LogP contribution in [0.2, 0.25) is 0 Å². The van der Waals surface area contributed by atoms with Crippen molar-refractivity contribution in [1.29, 1.82) is 0 Å². The lowest BCUT2D eigenvalue weighted by atomic mass is 10.2. The fourth-order valence-corrected chi connectivity index (χ4v) is 1.71. The number of hydrogen-bond acceptors (Lipinski definition) is 6. The maximum absolute atomic E-state index is 13.6. The molecule has 0 fully saturated rings. The monoisotopic (exact) mass is 341 g/mol. The van der Waals surface area contributed by atoms with Crippen LogP contribution in [0.4, 0.5) is 19.1 Å². The lowest BCUT2D eigenvalue weighted by Gasteiger charge is -2.12. The van der Waals surface area contributed by atoms with Crippen molar-refractivity contribution in [3.8, 4) is 6.01 Å². The Morgan fingerprint density at radius 2 is 1.88 bits per heavy atom. The van der Waals surface area contributed by atoms with Crippen LogP contribution in [0.15, 0.2) is 12.1 Å². The van der Waals surface area contributed by atoms with E-state index in [9.17, 15) is 18.0 Å². The number of anilines is 1. The fourth-order valence-electron chi connectivity index (χ4n) is 1.71. The molecule has 0 spiro atoms. The number of halogens is 3. The Kier molecular flexibility index (Phi) is 5.17. The van der Waals surface area contributed by atoms with E-state index in [4.69, 9.17) is 4.74 Å². The minimum absolute atomic E-state index is 0.0388. The average Bonchev–Trinajstić information content (AvgIpc) is 2.57. The van der Waals surface area contributed by atoms with Gasteiger partial charge in [0.05, 0.1) is 19.2 Å². The maximum Gasteiger partial charge on any atom is 0.321 e. The van der Waals surface area contributed by atoms with Crippen LogP contribution in [0.25, 0.3) is 0 Å². The number of carbonyl (C=O) groups is 1. The second kappa shape index (κ2) is 7.11. The number of rotatable bonds is 5. The van der Waals surface area contributed by atoms with Crippen LogP contribution in [0, 0.1) is 17.5 Å². The van der Waals surface area contributed by atoms with Gasteiger partial charge in [-0.3, -0.25) is 4.79 Å². The second-order valence-electron chi connectivity index (χ2n) is 4.84. The van der Waals surface area contributed by atoms with Crippen LogP contribution in [-0.2, 0) is 6.54 Å². The number of ether oxygens (including phenoxy) is 1. The largest absolute Gasteiger partial charge is 0.467 e. The molecule has 2 aromatic rings. The van der Waals surface area contributed by atoms with Gasteiger partial charge >= 0.3 is 6.01 Å². The van der Waals surface area contributed by atoms with Crippen LogP contribution < -0.4 is 15.0 Å². The molecule has 0 aliphatic heterocycles. The Bertz CT molecular complexity index is 770. The second-order valence-corrected chi connectivity index (χ2v) is 4.84. The van der Waals surface area contributed by atoms with E-state index in [-0.39, 0.29) is 18.4 Å². The van der Waals surface area contributed by atoms with Crippen molar-refractivity contribution < 1.29 is 22.7 Å². The van der Waals surface area contributed by atoms with E-state index in [0.29, 0.717) is 12.0 Å². The minimum Gasteiger partial charge on any atom is -0.467 e. The molecule has 0 aliphatic rings. The molecule has 1 aromatic carbocycles. The normalized spacial score (nSPS) is 10.4. The van der Waals surface area contributed by atoms with Gasteiger partial charge in [-0.15, -0.1) is 0 Å². The summed E-state index contributed by atoms with van der Waals surface area (Å²) in [4.78, 5) is 25.5. The average molecular weight is 341 g/mol. The van der Waals surface area contributed by atoms with E-state index < -0.39 is 28.9 Å². The first-order chi connectivity index (χ1) is 11.3. The first kappa shape index (κ1) is 17.4. The summed E-state index contributed by atoms with van der Waals surface area (Å²) >= 11 is 0. The topological polar surface area (TPSA) is 80.2 Å². The number of carbonyl (C=O) groups excluding carboxylic acids is 1. The quantitative estimate of drug-likeness (QED) is 0.826. The Hall–Kier alpha value is -2.91. The van der Waals surface area contributed by atoms with Crippen molar-refractivity contribution in [2.45, 2.75) is 6.54 Å². The van der Waals surface area contributed by atoms with E-state index in [0.717, 1.165) is 6.07 Å². The molecule has 0 saturated heterocycles. The first-order valence-corrected chi connectivity index (χ1v) is 6.71. The van der Waals surface area contributed by atoms with Crippen molar-refractivity contribution in [3.05, 3.63) is 41.0 Å². The SMILES string of the molecule is COc1nc(CNC(=O)c2ccc(F)c(F)c2F)nc(N(C)C)n1. The van der Waals surface area contributed by atoms with Crippen molar-refractivity contribution >= 4 is 11.9 Å².